The van der Waals surface area contributed by atoms with Crippen LogP contribution in [0.1, 0.15) is 18.5 Å². The average Bonchev–Trinajstić information content (AvgIpc) is 2.35. The smallest absolute Gasteiger partial charge is 0.227 e. The van der Waals surface area contributed by atoms with Crippen LogP contribution in [-0.4, -0.2) is 36.1 Å². The Morgan fingerprint density at radius 2 is 2.11 bits per heavy atom. The molecular formula is C13H20ClN5. The van der Waals surface area contributed by atoms with E-state index in [9.17, 15) is 0 Å². The summed E-state index contributed by atoms with van der Waals surface area (Å²) < 4.78 is 0. The molecule has 2 saturated heterocycles. The Hall–Kier alpha value is -1.07. The molecule has 3 N–H and O–H groups in total. The highest BCUT2D eigenvalue weighted by molar-refractivity contribution is 6.33. The average molecular weight is 282 g/mol. The number of aryl methyl sites for hydroxylation is 1. The maximum atomic E-state index is 5.99. The Kier molecular flexibility index (Phi) is 3.50. The Labute approximate surface area is 118 Å². The van der Waals surface area contributed by atoms with Gasteiger partial charge in [0.25, 0.3) is 0 Å². The number of halogens is 1. The van der Waals surface area contributed by atoms with E-state index in [2.05, 4.69) is 20.2 Å². The third kappa shape index (κ3) is 2.49. The highest BCUT2D eigenvalue weighted by Gasteiger charge is 2.35. The van der Waals surface area contributed by atoms with Gasteiger partial charge in [0.2, 0.25) is 5.95 Å². The molecule has 0 bridgehead atoms. The van der Waals surface area contributed by atoms with Crippen molar-refractivity contribution < 1.29 is 0 Å². The largest absolute Gasteiger partial charge is 0.382 e. The van der Waals surface area contributed by atoms with Crippen molar-refractivity contribution in [3.05, 3.63) is 10.7 Å². The third-order valence-corrected chi connectivity index (χ3v) is 4.69. The van der Waals surface area contributed by atoms with Crippen LogP contribution in [0.3, 0.4) is 0 Å². The number of nitrogens with zero attached hydrogens (tertiary/aromatic N) is 3. The van der Waals surface area contributed by atoms with E-state index in [-0.39, 0.29) is 0 Å². The molecule has 5 nitrogen and oxygen atoms in total. The van der Waals surface area contributed by atoms with Gasteiger partial charge in [-0.25, -0.2) is 4.98 Å². The second kappa shape index (κ2) is 5.13. The standard InChI is InChI=1S/C13H20ClN5/c1-8-11(14)12(15)18-13(17-8)19-6-10(7-19)9-3-2-4-16-5-9/h9-10,16H,2-7H2,1H3,(H2,15,17,18). The lowest BCUT2D eigenvalue weighted by atomic mass is 9.81. The number of piperidine rings is 1. The van der Waals surface area contributed by atoms with Crippen molar-refractivity contribution in [1.29, 1.82) is 0 Å². The van der Waals surface area contributed by atoms with Gasteiger partial charge < -0.3 is 16.0 Å². The van der Waals surface area contributed by atoms with E-state index in [1.807, 2.05) is 6.92 Å². The summed E-state index contributed by atoms with van der Waals surface area (Å²) in [6, 6.07) is 0. The molecule has 1 atom stereocenters. The number of hydrogen-bond acceptors (Lipinski definition) is 5. The van der Waals surface area contributed by atoms with Gasteiger partial charge in [-0.15, -0.1) is 0 Å². The van der Waals surface area contributed by atoms with Gasteiger partial charge in [0.05, 0.1) is 5.69 Å². The van der Waals surface area contributed by atoms with E-state index >= 15 is 0 Å². The van der Waals surface area contributed by atoms with Gasteiger partial charge >= 0.3 is 0 Å². The molecule has 0 spiro atoms. The van der Waals surface area contributed by atoms with Crippen molar-refractivity contribution in [3.8, 4) is 0 Å². The van der Waals surface area contributed by atoms with Crippen molar-refractivity contribution >= 4 is 23.4 Å². The first kappa shape index (κ1) is 12.9. The molecule has 1 aromatic rings. The molecule has 2 fully saturated rings. The Balaban J connectivity index is 1.64. The maximum absolute atomic E-state index is 5.99. The highest BCUT2D eigenvalue weighted by atomic mass is 35.5. The molecule has 0 aromatic carbocycles. The van der Waals surface area contributed by atoms with Crippen LogP contribution in [0.25, 0.3) is 0 Å². The van der Waals surface area contributed by atoms with Crippen molar-refractivity contribution in [2.45, 2.75) is 19.8 Å². The lowest BCUT2D eigenvalue weighted by Gasteiger charge is -2.44. The molecule has 2 aliphatic heterocycles. The molecule has 0 aliphatic carbocycles. The summed E-state index contributed by atoms with van der Waals surface area (Å²) in [6.45, 7) is 6.26. The Bertz CT molecular complexity index is 443. The fourth-order valence-corrected chi connectivity index (χ4v) is 3.05. The van der Waals surface area contributed by atoms with E-state index < -0.39 is 0 Å². The molecule has 0 radical (unpaired) electrons. The predicted molar refractivity (Wildman–Crippen MR) is 77.5 cm³/mol. The second-order valence-corrected chi connectivity index (χ2v) is 5.96. The molecular weight excluding hydrogens is 262 g/mol. The number of rotatable bonds is 2. The van der Waals surface area contributed by atoms with E-state index in [1.165, 1.54) is 19.4 Å². The van der Waals surface area contributed by atoms with Gasteiger partial charge in [0.1, 0.15) is 10.8 Å². The number of anilines is 2. The summed E-state index contributed by atoms with van der Waals surface area (Å²) in [5.74, 6) is 2.66. The third-order valence-electron chi connectivity index (χ3n) is 4.22. The monoisotopic (exact) mass is 281 g/mol. The lowest BCUT2D eigenvalue weighted by Crippen LogP contribution is -2.53. The van der Waals surface area contributed by atoms with Crippen LogP contribution in [0.5, 0.6) is 0 Å². The minimum absolute atomic E-state index is 0.381. The van der Waals surface area contributed by atoms with Crippen LogP contribution in [0.4, 0.5) is 11.8 Å². The molecule has 104 valence electrons. The van der Waals surface area contributed by atoms with Crippen LogP contribution >= 0.6 is 11.6 Å². The maximum Gasteiger partial charge on any atom is 0.227 e. The zero-order valence-corrected chi connectivity index (χ0v) is 12.0. The van der Waals surface area contributed by atoms with Crippen molar-refractivity contribution in [3.63, 3.8) is 0 Å². The van der Waals surface area contributed by atoms with E-state index in [1.54, 1.807) is 0 Å². The van der Waals surface area contributed by atoms with E-state index in [4.69, 9.17) is 17.3 Å². The van der Waals surface area contributed by atoms with Crippen molar-refractivity contribution in [1.82, 2.24) is 15.3 Å². The minimum Gasteiger partial charge on any atom is -0.382 e. The lowest BCUT2D eigenvalue weighted by molar-refractivity contribution is 0.222. The summed E-state index contributed by atoms with van der Waals surface area (Å²) in [7, 11) is 0. The van der Waals surface area contributed by atoms with Gasteiger partial charge in [-0.2, -0.15) is 4.98 Å². The van der Waals surface area contributed by atoms with Gasteiger partial charge in [0, 0.05) is 13.1 Å². The van der Waals surface area contributed by atoms with Gasteiger partial charge in [-0.3, -0.25) is 0 Å². The van der Waals surface area contributed by atoms with Crippen LogP contribution in [0, 0.1) is 18.8 Å². The number of nitrogen functional groups attached to an aromatic ring is 1. The summed E-state index contributed by atoms with van der Waals surface area (Å²) in [5.41, 5.74) is 6.55. The molecule has 3 rings (SSSR count). The summed E-state index contributed by atoms with van der Waals surface area (Å²) >= 11 is 5.99. The zero-order chi connectivity index (χ0) is 13.4. The summed E-state index contributed by atoms with van der Waals surface area (Å²) in [4.78, 5) is 10.9. The molecule has 1 unspecified atom stereocenters. The number of aromatic nitrogens is 2. The summed E-state index contributed by atoms with van der Waals surface area (Å²) in [5, 5.41) is 3.95. The molecule has 6 heteroatoms. The number of nitrogens with two attached hydrogens (primary N) is 1. The number of nitrogens with one attached hydrogen (secondary N) is 1. The van der Waals surface area contributed by atoms with Gasteiger partial charge in [-0.05, 0) is 44.7 Å². The van der Waals surface area contributed by atoms with Gasteiger partial charge in [0.15, 0.2) is 0 Å². The van der Waals surface area contributed by atoms with E-state index in [0.29, 0.717) is 10.8 Å². The number of hydrogen-bond donors (Lipinski definition) is 2. The molecule has 0 saturated carbocycles. The molecule has 1 aromatic heterocycles. The molecule has 19 heavy (non-hydrogen) atoms. The first-order chi connectivity index (χ1) is 9.15. The van der Waals surface area contributed by atoms with Crippen LogP contribution < -0.4 is 16.0 Å². The fourth-order valence-electron chi connectivity index (χ4n) is 2.96. The highest BCUT2D eigenvalue weighted by Crippen LogP contribution is 2.32. The topological polar surface area (TPSA) is 67.1 Å². The zero-order valence-electron chi connectivity index (χ0n) is 11.2. The van der Waals surface area contributed by atoms with Crippen molar-refractivity contribution in [2.75, 3.05) is 36.8 Å². The normalized spacial score (nSPS) is 24.3. The molecule has 0 amide bonds. The van der Waals surface area contributed by atoms with Crippen LogP contribution in [0.15, 0.2) is 0 Å². The second-order valence-electron chi connectivity index (χ2n) is 5.58. The van der Waals surface area contributed by atoms with E-state index in [0.717, 1.165) is 43.1 Å². The molecule has 2 aliphatic rings. The fraction of sp³-hybridized carbons (Fsp3) is 0.692. The minimum atomic E-state index is 0.381. The quantitative estimate of drug-likeness (QED) is 0.859. The predicted octanol–water partition coefficient (Wildman–Crippen LogP) is 1.46. The molecule has 3 heterocycles. The van der Waals surface area contributed by atoms with Gasteiger partial charge in [-0.1, -0.05) is 11.6 Å². The first-order valence-corrected chi connectivity index (χ1v) is 7.28. The van der Waals surface area contributed by atoms with Crippen molar-refractivity contribution in [2.24, 2.45) is 11.8 Å². The van der Waals surface area contributed by atoms with Crippen LogP contribution in [-0.2, 0) is 0 Å². The first-order valence-electron chi connectivity index (χ1n) is 6.90. The Morgan fingerprint density at radius 1 is 1.32 bits per heavy atom. The summed E-state index contributed by atoms with van der Waals surface area (Å²) in [6.07, 6.45) is 2.64. The SMILES string of the molecule is Cc1nc(N2CC(C3CCCNC3)C2)nc(N)c1Cl. The van der Waals surface area contributed by atoms with Crippen LogP contribution in [0.2, 0.25) is 5.02 Å². The Morgan fingerprint density at radius 3 is 2.74 bits per heavy atom.